The van der Waals surface area contributed by atoms with E-state index in [2.05, 4.69) is 9.97 Å². The van der Waals surface area contributed by atoms with Crippen LogP contribution >= 0.6 is 0 Å². The number of H-pyrrole nitrogens is 1. The lowest BCUT2D eigenvalue weighted by molar-refractivity contribution is -0.141. The van der Waals surface area contributed by atoms with Crippen molar-refractivity contribution in [2.75, 3.05) is 39.4 Å². The predicted octanol–water partition coefficient (Wildman–Crippen LogP) is 3.30. The fourth-order valence-electron chi connectivity index (χ4n) is 5.12. The van der Waals surface area contributed by atoms with E-state index < -0.39 is 17.8 Å². The van der Waals surface area contributed by atoms with Gasteiger partial charge in [0.1, 0.15) is 11.5 Å². The number of imidazole rings is 1. The molecule has 1 aromatic heterocycles. The topological polar surface area (TPSA) is 61.5 Å². The van der Waals surface area contributed by atoms with E-state index in [1.165, 1.54) is 0 Å². The Labute approximate surface area is 177 Å². The highest BCUT2D eigenvalue weighted by Gasteiger charge is 2.52. The lowest BCUT2D eigenvalue weighted by Crippen LogP contribution is -2.46. The number of likely N-dealkylation sites (tertiary alicyclic amines) is 2. The van der Waals surface area contributed by atoms with Gasteiger partial charge in [-0.3, -0.25) is 9.69 Å². The Hall–Kier alpha value is -1.75. The second kappa shape index (κ2) is 8.31. The Bertz CT molecular complexity index is 791. The van der Waals surface area contributed by atoms with Crippen molar-refractivity contribution in [3.05, 3.63) is 17.7 Å². The summed E-state index contributed by atoms with van der Waals surface area (Å²) < 4.78 is 71.6. The largest absolute Gasteiger partial charge is 0.432 e. The fraction of sp³-hybridized carbons (Fsp3) is 0.800. The summed E-state index contributed by atoms with van der Waals surface area (Å²) in [6, 6.07) is 0. The van der Waals surface area contributed by atoms with Crippen LogP contribution in [0.2, 0.25) is 0 Å². The third-order valence-electron chi connectivity index (χ3n) is 6.84. The first kappa shape index (κ1) is 22.4. The van der Waals surface area contributed by atoms with E-state index in [0.29, 0.717) is 45.7 Å². The van der Waals surface area contributed by atoms with E-state index in [1.807, 2.05) is 4.90 Å². The molecule has 4 rings (SSSR count). The number of carbonyl (C=O) groups excluding carboxylic acids is 1. The molecule has 1 spiro atoms. The van der Waals surface area contributed by atoms with Crippen LogP contribution < -0.4 is 0 Å². The SMILES string of the molecule is O=C(C1CN(Cc2ncc(C(F)(F)F)[nH]2)CC12CCOCC2)N1CCCC(F)(F)CC1. The summed E-state index contributed by atoms with van der Waals surface area (Å²) in [5.74, 6) is -3.07. The van der Waals surface area contributed by atoms with E-state index in [0.717, 1.165) is 6.20 Å². The Kier molecular flexibility index (Phi) is 6.01. The minimum absolute atomic E-state index is 0.0298. The zero-order valence-electron chi connectivity index (χ0n) is 17.2. The fourth-order valence-corrected chi connectivity index (χ4v) is 5.12. The molecule has 0 saturated carbocycles. The smallest absolute Gasteiger partial charge is 0.381 e. The standard InChI is InChI=1S/C20H27F5N4O2/c21-19(22)2-1-6-29(7-3-19)17(30)14-11-28(13-18(14)4-8-31-9-5-18)12-16-26-10-15(27-16)20(23,24)25/h10,14H,1-9,11-13H2,(H,26,27). The number of nitrogens with zero attached hydrogens (tertiary/aromatic N) is 3. The van der Waals surface area contributed by atoms with Gasteiger partial charge in [0.05, 0.1) is 18.7 Å². The van der Waals surface area contributed by atoms with Crippen LogP contribution in [0.4, 0.5) is 22.0 Å². The van der Waals surface area contributed by atoms with Gasteiger partial charge >= 0.3 is 6.18 Å². The summed E-state index contributed by atoms with van der Waals surface area (Å²) in [6.45, 7) is 2.43. The first-order valence-corrected chi connectivity index (χ1v) is 10.7. The Morgan fingerprint density at radius 3 is 2.61 bits per heavy atom. The van der Waals surface area contributed by atoms with E-state index in [4.69, 9.17) is 4.74 Å². The van der Waals surface area contributed by atoms with Gasteiger partial charge in [-0.2, -0.15) is 13.2 Å². The predicted molar refractivity (Wildman–Crippen MR) is 100 cm³/mol. The summed E-state index contributed by atoms with van der Waals surface area (Å²) >= 11 is 0. The maximum atomic E-state index is 13.8. The van der Waals surface area contributed by atoms with Crippen molar-refractivity contribution in [2.24, 2.45) is 11.3 Å². The molecule has 174 valence electrons. The number of hydrogen-bond acceptors (Lipinski definition) is 4. The Balaban J connectivity index is 1.49. The summed E-state index contributed by atoms with van der Waals surface area (Å²) in [7, 11) is 0. The molecule has 4 heterocycles. The minimum Gasteiger partial charge on any atom is -0.381 e. The molecule has 1 aromatic rings. The number of rotatable bonds is 3. The molecule has 3 saturated heterocycles. The van der Waals surface area contributed by atoms with Crippen LogP contribution in [0.25, 0.3) is 0 Å². The van der Waals surface area contributed by atoms with Gasteiger partial charge in [0.2, 0.25) is 11.8 Å². The van der Waals surface area contributed by atoms with E-state index in [9.17, 15) is 26.7 Å². The van der Waals surface area contributed by atoms with Crippen molar-refractivity contribution in [3.8, 4) is 0 Å². The highest BCUT2D eigenvalue weighted by molar-refractivity contribution is 5.80. The highest BCUT2D eigenvalue weighted by Crippen LogP contribution is 2.46. The number of alkyl halides is 5. The maximum Gasteiger partial charge on any atom is 0.432 e. The molecule has 31 heavy (non-hydrogen) atoms. The first-order valence-electron chi connectivity index (χ1n) is 10.7. The molecule has 1 unspecified atom stereocenters. The Morgan fingerprint density at radius 2 is 1.94 bits per heavy atom. The van der Waals surface area contributed by atoms with Crippen LogP contribution in [0.3, 0.4) is 0 Å². The van der Waals surface area contributed by atoms with Gasteiger partial charge in [-0.25, -0.2) is 13.8 Å². The molecule has 1 N–H and O–H groups in total. The number of aromatic amines is 1. The Morgan fingerprint density at radius 1 is 1.19 bits per heavy atom. The molecule has 3 aliphatic rings. The number of ether oxygens (including phenoxy) is 1. The zero-order valence-corrected chi connectivity index (χ0v) is 17.2. The first-order chi connectivity index (χ1) is 14.6. The molecule has 1 amide bonds. The molecule has 3 fully saturated rings. The lowest BCUT2D eigenvalue weighted by atomic mass is 9.71. The van der Waals surface area contributed by atoms with Crippen molar-refractivity contribution in [2.45, 2.75) is 50.7 Å². The number of hydrogen-bond donors (Lipinski definition) is 1. The summed E-state index contributed by atoms with van der Waals surface area (Å²) in [6.07, 6.45) is -2.69. The highest BCUT2D eigenvalue weighted by atomic mass is 19.4. The monoisotopic (exact) mass is 450 g/mol. The molecule has 3 aliphatic heterocycles. The van der Waals surface area contributed by atoms with Crippen LogP contribution in [0, 0.1) is 11.3 Å². The van der Waals surface area contributed by atoms with Gasteiger partial charge in [-0.15, -0.1) is 0 Å². The molecule has 0 radical (unpaired) electrons. The van der Waals surface area contributed by atoms with Crippen LogP contribution in [0.1, 0.15) is 43.6 Å². The normalized spacial score (nSPS) is 26.9. The summed E-state index contributed by atoms with van der Waals surface area (Å²) in [5.41, 5.74) is -1.26. The number of nitrogens with one attached hydrogen (secondary N) is 1. The molecule has 6 nitrogen and oxygen atoms in total. The van der Waals surface area contributed by atoms with Gasteiger partial charge in [0.15, 0.2) is 0 Å². The van der Waals surface area contributed by atoms with Crippen LogP contribution in [-0.4, -0.2) is 71.0 Å². The zero-order chi connectivity index (χ0) is 22.3. The molecular weight excluding hydrogens is 423 g/mol. The molecule has 1 atom stereocenters. The average molecular weight is 450 g/mol. The number of aromatic nitrogens is 2. The van der Waals surface area contributed by atoms with E-state index in [1.54, 1.807) is 4.90 Å². The molecular formula is C20H27F5N4O2. The van der Waals surface area contributed by atoms with Crippen molar-refractivity contribution in [1.82, 2.24) is 19.8 Å². The quantitative estimate of drug-likeness (QED) is 0.718. The third kappa shape index (κ3) is 4.87. The number of carbonyl (C=O) groups is 1. The van der Waals surface area contributed by atoms with Crippen LogP contribution in [0.5, 0.6) is 0 Å². The second-order valence-electron chi connectivity index (χ2n) is 8.97. The number of halogens is 5. The average Bonchev–Trinajstić information content (AvgIpc) is 3.24. The van der Waals surface area contributed by atoms with Gasteiger partial charge in [-0.05, 0) is 19.3 Å². The van der Waals surface area contributed by atoms with Crippen molar-refractivity contribution >= 4 is 5.91 Å². The van der Waals surface area contributed by atoms with Gasteiger partial charge in [-0.1, -0.05) is 0 Å². The van der Waals surface area contributed by atoms with Crippen LogP contribution in [0.15, 0.2) is 6.20 Å². The number of amides is 1. The molecule has 11 heteroatoms. The second-order valence-corrected chi connectivity index (χ2v) is 8.97. The molecule has 0 aliphatic carbocycles. The van der Waals surface area contributed by atoms with Gasteiger partial charge in [0.25, 0.3) is 0 Å². The van der Waals surface area contributed by atoms with Gasteiger partial charge < -0.3 is 14.6 Å². The van der Waals surface area contributed by atoms with Crippen LogP contribution in [-0.2, 0) is 22.3 Å². The molecule has 0 aromatic carbocycles. The van der Waals surface area contributed by atoms with E-state index >= 15 is 0 Å². The minimum atomic E-state index is -4.49. The van der Waals surface area contributed by atoms with Gasteiger partial charge in [0, 0.05) is 57.6 Å². The summed E-state index contributed by atoms with van der Waals surface area (Å²) in [5, 5.41) is 0. The maximum absolute atomic E-state index is 13.8. The lowest BCUT2D eigenvalue weighted by Gasteiger charge is -2.39. The molecule has 0 bridgehead atoms. The summed E-state index contributed by atoms with van der Waals surface area (Å²) in [4.78, 5) is 23.1. The van der Waals surface area contributed by atoms with Crippen molar-refractivity contribution in [1.29, 1.82) is 0 Å². The van der Waals surface area contributed by atoms with Crippen molar-refractivity contribution in [3.63, 3.8) is 0 Å². The van der Waals surface area contributed by atoms with Crippen molar-refractivity contribution < 1.29 is 31.5 Å². The van der Waals surface area contributed by atoms with E-state index in [-0.39, 0.29) is 55.4 Å². The third-order valence-corrected chi connectivity index (χ3v) is 6.84.